The highest BCUT2D eigenvalue weighted by atomic mass is 35.5. The van der Waals surface area contributed by atoms with E-state index < -0.39 is 18.5 Å². The van der Waals surface area contributed by atoms with Crippen LogP contribution in [0.4, 0.5) is 5.69 Å². The second-order valence-electron chi connectivity index (χ2n) is 7.70. The molecule has 0 bridgehead atoms. The Kier molecular flexibility index (Phi) is 8.30. The summed E-state index contributed by atoms with van der Waals surface area (Å²) < 4.78 is 4.91. The Bertz CT molecular complexity index is 927. The fourth-order valence-corrected chi connectivity index (χ4v) is 3.48. The molecule has 0 spiro atoms. The summed E-state index contributed by atoms with van der Waals surface area (Å²) >= 11 is 17.8. The summed E-state index contributed by atoms with van der Waals surface area (Å²) in [5.74, 6) is -1.44. The van der Waals surface area contributed by atoms with Gasteiger partial charge in [-0.2, -0.15) is 0 Å². The number of rotatable bonds is 7. The van der Waals surface area contributed by atoms with Crippen molar-refractivity contribution in [1.29, 1.82) is 0 Å². The van der Waals surface area contributed by atoms with E-state index in [2.05, 4.69) is 26.1 Å². The quantitative estimate of drug-likeness (QED) is 0.392. The van der Waals surface area contributed by atoms with E-state index in [9.17, 15) is 14.4 Å². The van der Waals surface area contributed by atoms with Gasteiger partial charge in [0.25, 0.3) is 5.91 Å². The Morgan fingerprint density at radius 3 is 2.03 bits per heavy atom. The van der Waals surface area contributed by atoms with Crippen LogP contribution in [0.15, 0.2) is 36.4 Å². The third kappa shape index (κ3) is 7.01. The zero-order valence-electron chi connectivity index (χ0n) is 16.9. The van der Waals surface area contributed by atoms with E-state index in [-0.39, 0.29) is 39.8 Å². The number of ketones is 1. The van der Waals surface area contributed by atoms with Gasteiger partial charge in [0.15, 0.2) is 12.4 Å². The van der Waals surface area contributed by atoms with Gasteiger partial charge in [-0.3, -0.25) is 14.4 Å². The molecule has 0 saturated carbocycles. The zero-order chi connectivity index (χ0) is 22.5. The molecule has 0 heterocycles. The lowest BCUT2D eigenvalue weighted by atomic mass is 9.86. The lowest BCUT2D eigenvalue weighted by Crippen LogP contribution is -2.21. The average molecular weight is 471 g/mol. The molecular formula is C22H22Cl3NO4. The van der Waals surface area contributed by atoms with E-state index in [1.165, 1.54) is 12.1 Å². The van der Waals surface area contributed by atoms with E-state index in [1.807, 2.05) is 12.1 Å². The van der Waals surface area contributed by atoms with Crippen molar-refractivity contribution in [3.63, 3.8) is 0 Å². The van der Waals surface area contributed by atoms with Crippen LogP contribution in [0.1, 0.15) is 49.5 Å². The Labute approximate surface area is 190 Å². The topological polar surface area (TPSA) is 72.5 Å². The van der Waals surface area contributed by atoms with Gasteiger partial charge >= 0.3 is 5.97 Å². The van der Waals surface area contributed by atoms with Gasteiger partial charge in [-0.05, 0) is 23.1 Å². The zero-order valence-corrected chi connectivity index (χ0v) is 19.1. The van der Waals surface area contributed by atoms with Crippen LogP contribution in [0.5, 0.6) is 0 Å². The van der Waals surface area contributed by atoms with Gasteiger partial charge in [0.1, 0.15) is 0 Å². The number of benzene rings is 2. The number of halogens is 3. The van der Waals surface area contributed by atoms with Crippen LogP contribution in [-0.2, 0) is 19.7 Å². The number of nitrogens with one attached hydrogen (secondary N) is 1. The number of carbonyl (C=O) groups is 3. The Morgan fingerprint density at radius 1 is 0.933 bits per heavy atom. The van der Waals surface area contributed by atoms with Crippen LogP contribution >= 0.6 is 34.8 Å². The molecule has 0 radical (unpaired) electrons. The molecule has 2 rings (SSSR count). The molecule has 5 nitrogen and oxygen atoms in total. The molecule has 0 unspecified atom stereocenters. The number of anilines is 1. The monoisotopic (exact) mass is 469 g/mol. The van der Waals surface area contributed by atoms with E-state index in [0.717, 1.165) is 5.56 Å². The smallest absolute Gasteiger partial charge is 0.306 e. The maximum Gasteiger partial charge on any atom is 0.306 e. The van der Waals surface area contributed by atoms with Crippen LogP contribution in [0.25, 0.3) is 0 Å². The van der Waals surface area contributed by atoms with E-state index in [4.69, 9.17) is 39.5 Å². The van der Waals surface area contributed by atoms with Gasteiger partial charge in [-0.1, -0.05) is 79.8 Å². The minimum Gasteiger partial charge on any atom is -0.456 e. The molecule has 0 aromatic heterocycles. The molecule has 0 aliphatic heterocycles. The van der Waals surface area contributed by atoms with Crippen LogP contribution < -0.4 is 5.32 Å². The summed E-state index contributed by atoms with van der Waals surface area (Å²) in [6.45, 7) is 5.74. The molecule has 1 amide bonds. The third-order valence-corrected chi connectivity index (χ3v) is 5.08. The molecule has 2 aromatic rings. The molecule has 1 N–H and O–H groups in total. The number of ether oxygens (including phenoxy) is 1. The van der Waals surface area contributed by atoms with Crippen molar-refractivity contribution >= 4 is 58.1 Å². The number of hydrogen-bond donors (Lipinski definition) is 1. The van der Waals surface area contributed by atoms with Crippen molar-refractivity contribution in [3.05, 3.63) is 62.6 Å². The highest BCUT2D eigenvalue weighted by Gasteiger charge is 2.16. The van der Waals surface area contributed by atoms with Gasteiger partial charge in [0.05, 0.1) is 22.2 Å². The molecule has 0 atom stereocenters. The Hall–Kier alpha value is -2.08. The molecule has 2 aromatic carbocycles. The highest BCUT2D eigenvalue weighted by molar-refractivity contribution is 6.42. The first-order valence-electron chi connectivity index (χ1n) is 9.21. The number of Topliss-reactive ketones (excluding diaryl/α,β-unsaturated/α-hetero) is 1. The summed E-state index contributed by atoms with van der Waals surface area (Å²) in [6.07, 6.45) is -0.139. The first kappa shape index (κ1) is 24.2. The fraction of sp³-hybridized carbons (Fsp3) is 0.318. The predicted octanol–water partition coefficient (Wildman–Crippen LogP) is 6.09. The summed E-state index contributed by atoms with van der Waals surface area (Å²) in [4.78, 5) is 36.1. The summed E-state index contributed by atoms with van der Waals surface area (Å²) in [6, 6.07) is 10.2. The van der Waals surface area contributed by atoms with E-state index in [1.54, 1.807) is 12.1 Å². The van der Waals surface area contributed by atoms with Crippen molar-refractivity contribution in [3.8, 4) is 0 Å². The van der Waals surface area contributed by atoms with Gasteiger partial charge < -0.3 is 10.1 Å². The third-order valence-electron chi connectivity index (χ3n) is 4.26. The number of amides is 1. The van der Waals surface area contributed by atoms with Crippen molar-refractivity contribution < 1.29 is 19.1 Å². The first-order chi connectivity index (χ1) is 14.0. The average Bonchev–Trinajstić information content (AvgIpc) is 2.66. The minimum atomic E-state index is -0.655. The van der Waals surface area contributed by atoms with Gasteiger partial charge in [0, 0.05) is 17.0 Å². The molecular weight excluding hydrogens is 449 g/mol. The predicted molar refractivity (Wildman–Crippen MR) is 120 cm³/mol. The fourth-order valence-electron chi connectivity index (χ4n) is 2.57. The van der Waals surface area contributed by atoms with E-state index >= 15 is 0 Å². The Balaban J connectivity index is 1.81. The summed E-state index contributed by atoms with van der Waals surface area (Å²) in [5, 5.41) is 3.11. The molecule has 0 aliphatic carbocycles. The van der Waals surface area contributed by atoms with Crippen LogP contribution in [0.3, 0.4) is 0 Å². The lowest BCUT2D eigenvalue weighted by Gasteiger charge is -2.18. The van der Waals surface area contributed by atoms with Gasteiger partial charge in [-0.25, -0.2) is 0 Å². The number of hydrogen-bond acceptors (Lipinski definition) is 4. The molecule has 0 fully saturated rings. The summed E-state index contributed by atoms with van der Waals surface area (Å²) in [5.41, 5.74) is 1.82. The summed E-state index contributed by atoms with van der Waals surface area (Å²) in [7, 11) is 0. The first-order valence-corrected chi connectivity index (χ1v) is 10.3. The van der Waals surface area contributed by atoms with Crippen LogP contribution in [0, 0.1) is 0 Å². The van der Waals surface area contributed by atoms with Crippen molar-refractivity contribution in [2.45, 2.75) is 39.0 Å². The largest absolute Gasteiger partial charge is 0.456 e. The SMILES string of the molecule is CC(C)(C)c1ccc(C(=O)CCC(=O)OCC(=O)Nc2c(Cl)cc(Cl)cc2Cl)cc1. The van der Waals surface area contributed by atoms with Crippen molar-refractivity contribution in [1.82, 2.24) is 0 Å². The standard InChI is InChI=1S/C22H22Cl3NO4/c1-22(2,3)14-6-4-13(5-7-14)18(27)8-9-20(29)30-12-19(28)26-21-16(24)10-15(23)11-17(21)25/h4-7,10-11H,8-9,12H2,1-3H3,(H,26,28). The normalized spacial score (nSPS) is 11.1. The van der Waals surface area contributed by atoms with Crippen LogP contribution in [0.2, 0.25) is 15.1 Å². The minimum absolute atomic E-state index is 0.00752. The number of carbonyl (C=O) groups excluding carboxylic acids is 3. The Morgan fingerprint density at radius 2 is 1.50 bits per heavy atom. The van der Waals surface area contributed by atoms with Crippen LogP contribution in [-0.4, -0.2) is 24.3 Å². The van der Waals surface area contributed by atoms with E-state index in [0.29, 0.717) is 10.6 Å². The highest BCUT2D eigenvalue weighted by Crippen LogP contribution is 2.33. The maximum absolute atomic E-state index is 12.3. The van der Waals surface area contributed by atoms with Crippen molar-refractivity contribution in [2.24, 2.45) is 0 Å². The van der Waals surface area contributed by atoms with Gasteiger partial charge in [-0.15, -0.1) is 0 Å². The molecule has 30 heavy (non-hydrogen) atoms. The lowest BCUT2D eigenvalue weighted by molar-refractivity contribution is -0.147. The molecule has 8 heteroatoms. The second kappa shape index (κ2) is 10.3. The second-order valence-corrected chi connectivity index (χ2v) is 8.95. The maximum atomic E-state index is 12.3. The van der Waals surface area contributed by atoms with Gasteiger partial charge in [0.2, 0.25) is 0 Å². The number of esters is 1. The molecule has 160 valence electrons. The molecule has 0 aliphatic rings. The van der Waals surface area contributed by atoms with Crippen molar-refractivity contribution in [2.75, 3.05) is 11.9 Å². The molecule has 0 saturated heterocycles.